The maximum Gasteiger partial charge on any atom is 0.416 e. The van der Waals surface area contributed by atoms with Crippen LogP contribution >= 0.6 is 0 Å². The second-order valence-electron chi connectivity index (χ2n) is 7.72. The molecule has 1 amide bonds. The fourth-order valence-electron chi connectivity index (χ4n) is 3.41. The Kier molecular flexibility index (Phi) is 6.12. The van der Waals surface area contributed by atoms with Crippen LogP contribution in [-0.2, 0) is 4.74 Å². The molecule has 3 aromatic rings. The van der Waals surface area contributed by atoms with E-state index in [1.807, 2.05) is 0 Å². The fraction of sp³-hybridized carbons (Fsp3) is 0.318. The summed E-state index contributed by atoms with van der Waals surface area (Å²) in [5, 5.41) is 2.95. The number of rotatable bonds is 6. The minimum atomic E-state index is -1.45. The number of aromatic nitrogens is 4. The smallest absolute Gasteiger partial charge is 0.416 e. The molecule has 172 valence electrons. The summed E-state index contributed by atoms with van der Waals surface area (Å²) in [5.41, 5.74) is 2.01. The molecule has 1 N–H and O–H groups in total. The van der Waals surface area contributed by atoms with Gasteiger partial charge in [0.2, 0.25) is 5.95 Å². The lowest BCUT2D eigenvalue weighted by atomic mass is 10.1. The molecule has 0 saturated carbocycles. The molecule has 1 aromatic carbocycles. The van der Waals surface area contributed by atoms with E-state index in [4.69, 9.17) is 4.74 Å². The molecule has 33 heavy (non-hydrogen) atoms. The standard InChI is InChI=1S/C22H21F3N6O2/c1-11-6-14(4-5-16(11)24)15-7-26-19(27-8-15)13(3)29-21-28-9-17(25)20(30-21)31-18(12(2)23)10-33-22(31)32/h4-9,12-13,18H,10H2,1-3H3,(H,28,29,30)/t12-,13-,18?/m0/s1. The molecule has 1 saturated heterocycles. The quantitative estimate of drug-likeness (QED) is 0.586. The van der Waals surface area contributed by atoms with Crippen molar-refractivity contribution in [3.8, 4) is 11.1 Å². The highest BCUT2D eigenvalue weighted by Crippen LogP contribution is 2.28. The van der Waals surface area contributed by atoms with Gasteiger partial charge in [-0.2, -0.15) is 4.98 Å². The highest BCUT2D eigenvalue weighted by molar-refractivity contribution is 5.89. The zero-order valence-corrected chi connectivity index (χ0v) is 18.1. The molecular weight excluding hydrogens is 437 g/mol. The number of nitrogens with zero attached hydrogens (tertiary/aromatic N) is 5. The fourth-order valence-corrected chi connectivity index (χ4v) is 3.41. The van der Waals surface area contributed by atoms with Gasteiger partial charge in [-0.15, -0.1) is 0 Å². The van der Waals surface area contributed by atoms with Crippen molar-refractivity contribution in [3.63, 3.8) is 0 Å². The number of carbonyl (C=O) groups excluding carboxylic acids is 1. The van der Waals surface area contributed by atoms with Crippen LogP contribution in [0, 0.1) is 18.6 Å². The zero-order valence-electron chi connectivity index (χ0n) is 18.1. The van der Waals surface area contributed by atoms with Gasteiger partial charge in [0, 0.05) is 18.0 Å². The van der Waals surface area contributed by atoms with Crippen molar-refractivity contribution in [3.05, 3.63) is 59.8 Å². The number of halogens is 3. The van der Waals surface area contributed by atoms with Crippen LogP contribution in [0.25, 0.3) is 11.1 Å². The Labute approximate surface area is 187 Å². The third kappa shape index (κ3) is 4.57. The number of nitrogens with one attached hydrogen (secondary N) is 1. The Hall–Kier alpha value is -3.76. The number of carbonyl (C=O) groups is 1. The molecule has 1 aliphatic heterocycles. The number of benzene rings is 1. The second-order valence-corrected chi connectivity index (χ2v) is 7.72. The van der Waals surface area contributed by atoms with Crippen LogP contribution < -0.4 is 10.2 Å². The van der Waals surface area contributed by atoms with Gasteiger partial charge in [-0.1, -0.05) is 6.07 Å². The van der Waals surface area contributed by atoms with E-state index in [0.717, 1.165) is 16.7 Å². The highest BCUT2D eigenvalue weighted by Gasteiger charge is 2.40. The number of hydrogen-bond acceptors (Lipinski definition) is 7. The van der Waals surface area contributed by atoms with Gasteiger partial charge in [0.15, 0.2) is 11.6 Å². The lowest BCUT2D eigenvalue weighted by Crippen LogP contribution is -2.40. The molecule has 0 bridgehead atoms. The zero-order chi connectivity index (χ0) is 23.7. The summed E-state index contributed by atoms with van der Waals surface area (Å²) in [4.78, 5) is 29.5. The van der Waals surface area contributed by atoms with E-state index < -0.39 is 30.2 Å². The molecule has 4 rings (SSSR count). The summed E-state index contributed by atoms with van der Waals surface area (Å²) in [6.07, 6.45) is 1.79. The molecule has 1 aliphatic rings. The minimum absolute atomic E-state index is 0.00528. The van der Waals surface area contributed by atoms with Crippen LogP contribution in [0.15, 0.2) is 36.8 Å². The monoisotopic (exact) mass is 458 g/mol. The molecule has 0 radical (unpaired) electrons. The maximum atomic E-state index is 14.4. The number of anilines is 2. The summed E-state index contributed by atoms with van der Waals surface area (Å²) in [5.74, 6) is -1.14. The Morgan fingerprint density at radius 2 is 1.82 bits per heavy atom. The number of alkyl halides is 1. The number of aryl methyl sites for hydroxylation is 1. The molecule has 11 heteroatoms. The van der Waals surface area contributed by atoms with E-state index in [9.17, 15) is 18.0 Å². The van der Waals surface area contributed by atoms with Crippen molar-refractivity contribution in [2.75, 3.05) is 16.8 Å². The molecule has 1 fully saturated rings. The predicted molar refractivity (Wildman–Crippen MR) is 114 cm³/mol. The Bertz CT molecular complexity index is 1180. The van der Waals surface area contributed by atoms with Gasteiger partial charge in [-0.25, -0.2) is 37.8 Å². The Balaban J connectivity index is 1.53. The van der Waals surface area contributed by atoms with Crippen LogP contribution in [0.4, 0.5) is 29.7 Å². The van der Waals surface area contributed by atoms with Gasteiger partial charge in [0.25, 0.3) is 0 Å². The van der Waals surface area contributed by atoms with Gasteiger partial charge >= 0.3 is 6.09 Å². The molecule has 1 unspecified atom stereocenters. The van der Waals surface area contributed by atoms with E-state index >= 15 is 0 Å². The lowest BCUT2D eigenvalue weighted by Gasteiger charge is -2.22. The first-order valence-corrected chi connectivity index (χ1v) is 10.2. The van der Waals surface area contributed by atoms with Gasteiger partial charge in [0.05, 0.1) is 12.2 Å². The topological polar surface area (TPSA) is 93.1 Å². The van der Waals surface area contributed by atoms with Gasteiger partial charge in [-0.3, -0.25) is 0 Å². The van der Waals surface area contributed by atoms with E-state index in [1.165, 1.54) is 13.0 Å². The molecular formula is C22H21F3N6O2. The summed E-state index contributed by atoms with van der Waals surface area (Å²) in [6, 6.07) is 3.27. The summed E-state index contributed by atoms with van der Waals surface area (Å²) in [6.45, 7) is 4.48. The van der Waals surface area contributed by atoms with Gasteiger partial charge < -0.3 is 10.1 Å². The third-order valence-corrected chi connectivity index (χ3v) is 5.29. The van der Waals surface area contributed by atoms with Crippen molar-refractivity contribution < 1.29 is 22.7 Å². The van der Waals surface area contributed by atoms with Crippen molar-refractivity contribution in [2.45, 2.75) is 39.0 Å². The second kappa shape index (κ2) is 9.00. The van der Waals surface area contributed by atoms with Crippen LogP contribution in [0.5, 0.6) is 0 Å². The molecule has 8 nitrogen and oxygen atoms in total. The molecule has 3 atom stereocenters. The van der Waals surface area contributed by atoms with E-state index in [2.05, 4.69) is 25.3 Å². The predicted octanol–water partition coefficient (Wildman–Crippen LogP) is 4.38. The van der Waals surface area contributed by atoms with Crippen LogP contribution in [-0.4, -0.2) is 44.8 Å². The average molecular weight is 458 g/mol. The number of ether oxygens (including phenoxy) is 1. The summed E-state index contributed by atoms with van der Waals surface area (Å²) < 4.78 is 46.6. The van der Waals surface area contributed by atoms with Gasteiger partial charge in [0.1, 0.15) is 30.5 Å². The number of hydrogen-bond donors (Lipinski definition) is 1. The lowest BCUT2D eigenvalue weighted by molar-refractivity contribution is 0.174. The Morgan fingerprint density at radius 3 is 2.48 bits per heavy atom. The van der Waals surface area contributed by atoms with E-state index in [1.54, 1.807) is 38.4 Å². The van der Waals surface area contributed by atoms with E-state index in [0.29, 0.717) is 17.0 Å². The van der Waals surface area contributed by atoms with Crippen LogP contribution in [0.2, 0.25) is 0 Å². The highest BCUT2D eigenvalue weighted by atomic mass is 19.1. The minimum Gasteiger partial charge on any atom is -0.447 e. The normalized spacial score (nSPS) is 17.6. The van der Waals surface area contributed by atoms with Crippen molar-refractivity contribution in [2.24, 2.45) is 0 Å². The molecule has 2 aromatic heterocycles. The molecule has 3 heterocycles. The van der Waals surface area contributed by atoms with Crippen molar-refractivity contribution in [1.82, 2.24) is 19.9 Å². The first-order valence-electron chi connectivity index (χ1n) is 10.2. The maximum absolute atomic E-state index is 14.4. The van der Waals surface area contributed by atoms with Crippen LogP contribution in [0.1, 0.15) is 31.3 Å². The summed E-state index contributed by atoms with van der Waals surface area (Å²) >= 11 is 0. The summed E-state index contributed by atoms with van der Waals surface area (Å²) in [7, 11) is 0. The molecule has 0 spiro atoms. The Morgan fingerprint density at radius 1 is 1.09 bits per heavy atom. The average Bonchev–Trinajstić information content (AvgIpc) is 3.18. The first-order chi connectivity index (χ1) is 15.7. The van der Waals surface area contributed by atoms with E-state index in [-0.39, 0.29) is 24.2 Å². The molecule has 0 aliphatic carbocycles. The van der Waals surface area contributed by atoms with Crippen molar-refractivity contribution in [1.29, 1.82) is 0 Å². The third-order valence-electron chi connectivity index (χ3n) is 5.29. The van der Waals surface area contributed by atoms with Crippen molar-refractivity contribution >= 4 is 17.9 Å². The van der Waals surface area contributed by atoms with Gasteiger partial charge in [-0.05, 0) is 44.0 Å². The first kappa shape index (κ1) is 22.4. The largest absolute Gasteiger partial charge is 0.447 e. The SMILES string of the molecule is Cc1cc(-c2cnc([C@H](C)Nc3ncc(F)c(N4C(=O)OCC4[C@H](C)F)n3)nc2)ccc1F. The van der Waals surface area contributed by atoms with Crippen LogP contribution in [0.3, 0.4) is 0 Å². The number of amides is 1. The number of cyclic esters (lactones) is 1.